The lowest BCUT2D eigenvalue weighted by molar-refractivity contribution is -0.144. The second-order valence-corrected chi connectivity index (χ2v) is 11.8. The maximum atomic E-state index is 13.0. The fraction of sp³-hybridized carbons (Fsp3) is 0.613. The Balaban J connectivity index is 5.64. The number of amides is 7. The highest BCUT2D eigenvalue weighted by atomic mass is 16.5. The first-order valence-corrected chi connectivity index (χ1v) is 16.2. The summed E-state index contributed by atoms with van der Waals surface area (Å²) in [5, 5.41) is 32.7. The molecule has 0 fully saturated rings. The molecule has 0 aromatic carbocycles. The van der Waals surface area contributed by atoms with Crippen LogP contribution in [-0.2, 0) is 52.7 Å². The SMILES string of the molecule is C=CCOC(=O)CC[C@H](NC(=O)[C@H](CC(=O)O)NC(=O)C(=O)[C@H](C)NC(=O)[C@H](CN)NC(=O)[C@@H](NC(=O)[C@@H](NC(C)=O)[C@@H](C)CC)[C@@H](C)O)C(N)=O. The third-order valence-electron chi connectivity index (χ3n) is 7.42. The van der Waals surface area contributed by atoms with Crippen molar-refractivity contribution in [1.29, 1.82) is 0 Å². The Hall–Kier alpha value is -5.44. The monoisotopic (exact) mass is 742 g/mol. The molecule has 0 aromatic rings. The largest absolute Gasteiger partial charge is 0.481 e. The molecule has 12 N–H and O–H groups in total. The van der Waals surface area contributed by atoms with E-state index in [2.05, 4.69) is 33.2 Å². The minimum Gasteiger partial charge on any atom is -0.481 e. The van der Waals surface area contributed by atoms with Gasteiger partial charge < -0.3 is 58.3 Å². The van der Waals surface area contributed by atoms with E-state index in [0.717, 1.165) is 6.92 Å². The number of aliphatic carboxylic acids is 1. The molecule has 52 heavy (non-hydrogen) atoms. The van der Waals surface area contributed by atoms with E-state index >= 15 is 0 Å². The van der Waals surface area contributed by atoms with Crippen LogP contribution in [0.15, 0.2) is 12.7 Å². The number of nitrogens with two attached hydrogens (primary N) is 2. The molecule has 292 valence electrons. The number of hydrogen-bond acceptors (Lipinski definition) is 13. The molecule has 21 nitrogen and oxygen atoms in total. The number of carboxylic acid groups (broad SMARTS) is 1. The number of aliphatic hydroxyl groups excluding tert-OH is 1. The summed E-state index contributed by atoms with van der Waals surface area (Å²) in [7, 11) is 0. The first-order valence-electron chi connectivity index (χ1n) is 16.2. The number of aliphatic hydroxyl groups is 1. The number of nitrogens with one attached hydrogen (secondary N) is 6. The van der Waals surface area contributed by atoms with Crippen LogP contribution in [0.25, 0.3) is 0 Å². The zero-order valence-corrected chi connectivity index (χ0v) is 29.7. The summed E-state index contributed by atoms with van der Waals surface area (Å²) in [6, 6.07) is -9.26. The van der Waals surface area contributed by atoms with Crippen LogP contribution in [0.3, 0.4) is 0 Å². The van der Waals surface area contributed by atoms with E-state index in [0.29, 0.717) is 6.42 Å². The molecule has 0 heterocycles. The van der Waals surface area contributed by atoms with E-state index in [1.165, 1.54) is 19.9 Å². The lowest BCUT2D eigenvalue weighted by Gasteiger charge is -2.28. The molecular formula is C31H50N8O13. The standard InChI is InChI=1S/C31H50N8O13/c1-7-11-52-22(44)10-9-18(26(33)46)36-27(47)19(12-21(42)43)37-31(51)25(45)15(4)34-28(48)20(13-32)38-30(50)24(16(5)40)39-29(49)23(14(3)8-2)35-17(6)41/h7,14-16,18-20,23-24,40H,1,8-13,32H2,2-6H3,(H2,33,46)(H,34,48)(H,35,41)(H,36,47)(H,37,51)(H,38,50)(H,39,49)(H,42,43)/t14-,15-,16+,18-,19-,20-,23-,24-/m0/s1. The van der Waals surface area contributed by atoms with Crippen LogP contribution in [0.4, 0.5) is 0 Å². The van der Waals surface area contributed by atoms with Crippen LogP contribution >= 0.6 is 0 Å². The number of hydrogen-bond donors (Lipinski definition) is 10. The Kier molecular flexibility index (Phi) is 20.7. The lowest BCUT2D eigenvalue weighted by Crippen LogP contribution is -2.62. The Bertz CT molecular complexity index is 1360. The fourth-order valence-electron chi connectivity index (χ4n) is 4.30. The van der Waals surface area contributed by atoms with E-state index in [9.17, 15) is 58.2 Å². The molecule has 0 saturated carbocycles. The first-order chi connectivity index (χ1) is 24.2. The van der Waals surface area contributed by atoms with Gasteiger partial charge in [-0.15, -0.1) is 0 Å². The van der Waals surface area contributed by atoms with Crippen molar-refractivity contribution >= 4 is 59.1 Å². The van der Waals surface area contributed by atoms with Crippen molar-refractivity contribution in [2.45, 2.75) is 103 Å². The van der Waals surface area contributed by atoms with Crippen LogP contribution in [0.5, 0.6) is 0 Å². The molecule has 0 spiro atoms. The van der Waals surface area contributed by atoms with Crippen molar-refractivity contribution in [3.63, 3.8) is 0 Å². The first kappa shape index (κ1) is 46.6. The number of primary amides is 1. The number of carbonyl (C=O) groups excluding carboxylic acids is 9. The van der Waals surface area contributed by atoms with Gasteiger partial charge >= 0.3 is 11.9 Å². The fourth-order valence-corrected chi connectivity index (χ4v) is 4.30. The van der Waals surface area contributed by atoms with Gasteiger partial charge in [0.25, 0.3) is 5.91 Å². The average molecular weight is 743 g/mol. The number of carboxylic acids is 1. The van der Waals surface area contributed by atoms with Crippen molar-refractivity contribution in [1.82, 2.24) is 31.9 Å². The molecule has 0 aliphatic heterocycles. The van der Waals surface area contributed by atoms with Gasteiger partial charge in [-0.2, -0.15) is 0 Å². The van der Waals surface area contributed by atoms with Gasteiger partial charge in [0, 0.05) is 19.9 Å². The maximum absolute atomic E-state index is 13.0. The number of rotatable bonds is 24. The Morgan fingerprint density at radius 2 is 1.35 bits per heavy atom. The second-order valence-electron chi connectivity index (χ2n) is 11.8. The van der Waals surface area contributed by atoms with Crippen LogP contribution < -0.4 is 43.4 Å². The van der Waals surface area contributed by atoms with Gasteiger partial charge in [0.1, 0.15) is 36.8 Å². The van der Waals surface area contributed by atoms with Crippen LogP contribution in [-0.4, -0.2) is 125 Å². The van der Waals surface area contributed by atoms with Crippen LogP contribution in [0.1, 0.15) is 60.3 Å². The summed E-state index contributed by atoms with van der Waals surface area (Å²) in [6.45, 7) is 9.61. The third-order valence-corrected chi connectivity index (χ3v) is 7.42. The van der Waals surface area contributed by atoms with E-state index in [4.69, 9.17) is 16.2 Å². The minimum absolute atomic E-state index is 0.113. The molecule has 0 rings (SSSR count). The van der Waals surface area contributed by atoms with Crippen molar-refractivity contribution in [3.05, 3.63) is 12.7 Å². The zero-order chi connectivity index (χ0) is 40.3. The highest BCUT2D eigenvalue weighted by molar-refractivity contribution is 6.38. The number of ether oxygens (including phenoxy) is 1. The zero-order valence-electron chi connectivity index (χ0n) is 29.7. The Morgan fingerprint density at radius 1 is 0.788 bits per heavy atom. The molecule has 0 saturated heterocycles. The van der Waals surface area contributed by atoms with Crippen molar-refractivity contribution < 1.29 is 62.9 Å². The summed E-state index contributed by atoms with van der Waals surface area (Å²) in [5.74, 6) is -11.3. The van der Waals surface area contributed by atoms with Gasteiger partial charge in [0.15, 0.2) is 0 Å². The molecule has 0 aliphatic rings. The molecule has 0 aromatic heterocycles. The quantitative estimate of drug-likeness (QED) is 0.0253. The highest BCUT2D eigenvalue weighted by Crippen LogP contribution is 2.09. The lowest BCUT2D eigenvalue weighted by atomic mass is 9.97. The molecule has 8 atom stereocenters. The Morgan fingerprint density at radius 3 is 1.83 bits per heavy atom. The van der Waals surface area contributed by atoms with Crippen molar-refractivity contribution in [3.8, 4) is 0 Å². The van der Waals surface area contributed by atoms with Gasteiger partial charge in [-0.1, -0.05) is 32.9 Å². The van der Waals surface area contributed by atoms with E-state index in [-0.39, 0.29) is 25.4 Å². The van der Waals surface area contributed by atoms with Gasteiger partial charge in [0.2, 0.25) is 41.2 Å². The summed E-state index contributed by atoms with van der Waals surface area (Å²) in [6.07, 6.45) is -1.48. The number of esters is 1. The molecule has 0 unspecified atom stereocenters. The van der Waals surface area contributed by atoms with Gasteiger partial charge in [-0.05, 0) is 26.2 Å². The summed E-state index contributed by atoms with van der Waals surface area (Å²) < 4.78 is 4.77. The number of ketones is 1. The van der Waals surface area contributed by atoms with Crippen molar-refractivity contribution in [2.24, 2.45) is 17.4 Å². The predicted molar refractivity (Wildman–Crippen MR) is 180 cm³/mol. The van der Waals surface area contributed by atoms with Gasteiger partial charge in [0.05, 0.1) is 18.6 Å². The van der Waals surface area contributed by atoms with Crippen LogP contribution in [0.2, 0.25) is 0 Å². The summed E-state index contributed by atoms with van der Waals surface area (Å²) in [4.78, 5) is 124. The predicted octanol–water partition coefficient (Wildman–Crippen LogP) is -4.64. The number of Topliss-reactive ketones (excluding diaryl/α,β-unsaturated/α-hetero) is 1. The number of carbonyl (C=O) groups is 10. The van der Waals surface area contributed by atoms with Gasteiger partial charge in [-0.25, -0.2) is 0 Å². The minimum atomic E-state index is -1.92. The molecule has 0 radical (unpaired) electrons. The summed E-state index contributed by atoms with van der Waals surface area (Å²) in [5.41, 5.74) is 10.9. The molecule has 0 aliphatic carbocycles. The molecular weight excluding hydrogens is 692 g/mol. The molecule has 0 bridgehead atoms. The van der Waals surface area contributed by atoms with Crippen molar-refractivity contribution in [2.75, 3.05) is 13.2 Å². The van der Waals surface area contributed by atoms with E-state index < -0.39 is 114 Å². The normalized spacial score (nSPS) is 15.3. The molecule has 21 heteroatoms. The van der Waals surface area contributed by atoms with E-state index in [1.807, 2.05) is 5.32 Å². The topological polar surface area (TPSA) is 345 Å². The maximum Gasteiger partial charge on any atom is 0.306 e. The van der Waals surface area contributed by atoms with Crippen LogP contribution in [0, 0.1) is 5.92 Å². The smallest absolute Gasteiger partial charge is 0.306 e. The second kappa shape index (κ2) is 23.1. The van der Waals surface area contributed by atoms with E-state index in [1.54, 1.807) is 13.8 Å². The summed E-state index contributed by atoms with van der Waals surface area (Å²) >= 11 is 0. The Labute approximate surface area is 299 Å². The third kappa shape index (κ3) is 16.5. The highest BCUT2D eigenvalue weighted by Gasteiger charge is 2.35. The molecule has 7 amide bonds. The van der Waals surface area contributed by atoms with Gasteiger partial charge in [-0.3, -0.25) is 47.9 Å². The average Bonchev–Trinajstić information content (AvgIpc) is 3.06.